The van der Waals surface area contributed by atoms with E-state index in [-0.39, 0.29) is 31.0 Å². The van der Waals surface area contributed by atoms with E-state index in [9.17, 15) is 9.59 Å². The van der Waals surface area contributed by atoms with E-state index in [1.807, 2.05) is 0 Å². The molecule has 1 heterocycles. The van der Waals surface area contributed by atoms with Crippen LogP contribution in [0.2, 0.25) is 0 Å². The summed E-state index contributed by atoms with van der Waals surface area (Å²) in [7, 11) is 1.66. The summed E-state index contributed by atoms with van der Waals surface area (Å²) >= 11 is 0. The monoisotopic (exact) mass is 269 g/mol. The maximum atomic E-state index is 11.8. The number of carbonyl (C=O) groups excluding carboxylic acids is 2. The van der Waals surface area contributed by atoms with Crippen LogP contribution < -0.4 is 10.6 Å². The summed E-state index contributed by atoms with van der Waals surface area (Å²) in [5.41, 5.74) is 0. The molecular formula is C13H23N3O3. The van der Waals surface area contributed by atoms with Crippen molar-refractivity contribution in [3.63, 3.8) is 0 Å². The third-order valence-corrected chi connectivity index (χ3v) is 3.42. The highest BCUT2D eigenvalue weighted by molar-refractivity contribution is 5.85. The van der Waals surface area contributed by atoms with Crippen molar-refractivity contribution in [2.75, 3.05) is 33.3 Å². The molecule has 0 aromatic carbocycles. The van der Waals surface area contributed by atoms with E-state index >= 15 is 0 Å². The zero-order chi connectivity index (χ0) is 13.7. The third kappa shape index (κ3) is 5.16. The number of carbonyl (C=O) groups is 2. The van der Waals surface area contributed by atoms with Gasteiger partial charge in [0.25, 0.3) is 0 Å². The smallest absolute Gasteiger partial charge is 0.239 e. The Bertz CT molecular complexity index is 325. The lowest BCUT2D eigenvalue weighted by atomic mass is 10.2. The van der Waals surface area contributed by atoms with Crippen LogP contribution in [0.1, 0.15) is 25.7 Å². The molecule has 0 radical (unpaired) electrons. The van der Waals surface area contributed by atoms with Gasteiger partial charge in [-0.05, 0) is 25.7 Å². The van der Waals surface area contributed by atoms with Crippen LogP contribution in [0.5, 0.6) is 0 Å². The van der Waals surface area contributed by atoms with Gasteiger partial charge in [0.1, 0.15) is 0 Å². The number of ether oxygens (including phenoxy) is 1. The van der Waals surface area contributed by atoms with E-state index in [2.05, 4.69) is 10.6 Å². The number of amides is 2. The largest absolute Gasteiger partial charge is 0.377 e. The van der Waals surface area contributed by atoms with Gasteiger partial charge in [0.05, 0.1) is 19.2 Å². The van der Waals surface area contributed by atoms with Crippen molar-refractivity contribution in [3.8, 4) is 0 Å². The van der Waals surface area contributed by atoms with Crippen LogP contribution >= 0.6 is 0 Å². The number of hydrogen-bond donors (Lipinski definition) is 2. The maximum absolute atomic E-state index is 11.8. The summed E-state index contributed by atoms with van der Waals surface area (Å²) in [6, 6.07) is 0.341. The van der Waals surface area contributed by atoms with Gasteiger partial charge in [-0.3, -0.25) is 9.59 Å². The molecule has 2 amide bonds. The molecule has 6 heteroatoms. The second kappa shape index (κ2) is 6.86. The number of hydrogen-bond acceptors (Lipinski definition) is 4. The molecule has 0 aromatic heterocycles. The fourth-order valence-corrected chi connectivity index (χ4v) is 2.08. The van der Waals surface area contributed by atoms with Crippen molar-refractivity contribution >= 4 is 11.8 Å². The second-order valence-electron chi connectivity index (χ2n) is 5.36. The predicted octanol–water partition coefficient (Wildman–Crippen LogP) is -0.508. The molecule has 2 N–H and O–H groups in total. The van der Waals surface area contributed by atoms with Gasteiger partial charge in [-0.1, -0.05) is 0 Å². The van der Waals surface area contributed by atoms with Crippen LogP contribution in [-0.2, 0) is 14.3 Å². The van der Waals surface area contributed by atoms with Crippen LogP contribution in [0.4, 0.5) is 0 Å². The van der Waals surface area contributed by atoms with Gasteiger partial charge in [0.15, 0.2) is 0 Å². The molecule has 1 aliphatic carbocycles. The van der Waals surface area contributed by atoms with E-state index in [1.165, 1.54) is 4.90 Å². The Morgan fingerprint density at radius 1 is 1.32 bits per heavy atom. The highest BCUT2D eigenvalue weighted by atomic mass is 16.5. The van der Waals surface area contributed by atoms with Crippen LogP contribution in [0.25, 0.3) is 0 Å². The van der Waals surface area contributed by atoms with Gasteiger partial charge >= 0.3 is 0 Å². The van der Waals surface area contributed by atoms with E-state index in [0.29, 0.717) is 12.6 Å². The van der Waals surface area contributed by atoms with Crippen molar-refractivity contribution in [1.29, 1.82) is 0 Å². The van der Waals surface area contributed by atoms with Gasteiger partial charge < -0.3 is 20.3 Å². The minimum atomic E-state index is -0.0718. The fourth-order valence-electron chi connectivity index (χ4n) is 2.08. The van der Waals surface area contributed by atoms with Gasteiger partial charge in [-0.25, -0.2) is 0 Å². The number of rotatable bonds is 7. The average molecular weight is 269 g/mol. The van der Waals surface area contributed by atoms with Crippen LogP contribution in [0, 0.1) is 0 Å². The Hall–Kier alpha value is -1.14. The van der Waals surface area contributed by atoms with Crippen LogP contribution in [-0.4, -0.2) is 62.1 Å². The highest BCUT2D eigenvalue weighted by Crippen LogP contribution is 2.18. The zero-order valence-electron chi connectivity index (χ0n) is 11.5. The SMILES string of the molecule is CN(CC(=O)NC1CC1)C(=O)CNCC1CCCO1. The standard InChI is InChI=1S/C13H23N3O3/c1-16(9-12(17)15-10-4-5-10)13(18)8-14-7-11-3-2-6-19-11/h10-11,14H,2-9H2,1H3,(H,15,17). The van der Waals surface area contributed by atoms with E-state index in [1.54, 1.807) is 7.05 Å². The quantitative estimate of drug-likeness (QED) is 0.653. The van der Waals surface area contributed by atoms with Crippen molar-refractivity contribution in [2.45, 2.75) is 37.8 Å². The zero-order valence-corrected chi connectivity index (χ0v) is 11.5. The summed E-state index contributed by atoms with van der Waals surface area (Å²) in [6.07, 6.45) is 4.51. The van der Waals surface area contributed by atoms with Gasteiger partial charge in [0, 0.05) is 26.2 Å². The van der Waals surface area contributed by atoms with Gasteiger partial charge in [0.2, 0.25) is 11.8 Å². The average Bonchev–Trinajstić information content (AvgIpc) is 3.02. The summed E-state index contributed by atoms with van der Waals surface area (Å²) in [4.78, 5) is 24.8. The number of nitrogens with one attached hydrogen (secondary N) is 2. The Morgan fingerprint density at radius 2 is 2.11 bits per heavy atom. The first kappa shape index (κ1) is 14.3. The minimum absolute atomic E-state index is 0.0658. The summed E-state index contributed by atoms with van der Waals surface area (Å²) < 4.78 is 5.46. The molecule has 6 nitrogen and oxygen atoms in total. The van der Waals surface area contributed by atoms with E-state index in [0.717, 1.165) is 32.3 Å². The van der Waals surface area contributed by atoms with Crippen molar-refractivity contribution in [1.82, 2.24) is 15.5 Å². The van der Waals surface area contributed by atoms with Crippen molar-refractivity contribution in [3.05, 3.63) is 0 Å². The lowest BCUT2D eigenvalue weighted by Crippen LogP contribution is -2.43. The topological polar surface area (TPSA) is 70.7 Å². The molecule has 0 spiro atoms. The first-order chi connectivity index (χ1) is 9.15. The molecule has 0 aromatic rings. The highest BCUT2D eigenvalue weighted by Gasteiger charge is 2.24. The van der Waals surface area contributed by atoms with Crippen molar-refractivity contribution in [2.24, 2.45) is 0 Å². The molecule has 2 fully saturated rings. The predicted molar refractivity (Wildman–Crippen MR) is 70.6 cm³/mol. The second-order valence-corrected chi connectivity index (χ2v) is 5.36. The molecule has 19 heavy (non-hydrogen) atoms. The molecule has 1 atom stereocenters. The first-order valence-corrected chi connectivity index (χ1v) is 7.01. The van der Waals surface area contributed by atoms with Gasteiger partial charge in [-0.15, -0.1) is 0 Å². The minimum Gasteiger partial charge on any atom is -0.377 e. The molecule has 1 saturated carbocycles. The van der Waals surface area contributed by atoms with Crippen molar-refractivity contribution < 1.29 is 14.3 Å². The molecule has 0 bridgehead atoms. The maximum Gasteiger partial charge on any atom is 0.239 e. The Labute approximate surface area is 113 Å². The molecular weight excluding hydrogens is 246 g/mol. The van der Waals surface area contributed by atoms with Gasteiger partial charge in [-0.2, -0.15) is 0 Å². The summed E-state index contributed by atoms with van der Waals surface area (Å²) in [6.45, 7) is 1.92. The number of nitrogens with zero attached hydrogens (tertiary/aromatic N) is 1. The van der Waals surface area contributed by atoms with E-state index < -0.39 is 0 Å². The fraction of sp³-hybridized carbons (Fsp3) is 0.846. The Kier molecular flexibility index (Phi) is 5.15. The molecule has 2 aliphatic rings. The normalized spacial score (nSPS) is 22.3. The third-order valence-electron chi connectivity index (χ3n) is 3.42. The Balaban J connectivity index is 1.56. The summed E-state index contributed by atoms with van der Waals surface area (Å²) in [5, 5.41) is 5.95. The molecule has 108 valence electrons. The summed E-state index contributed by atoms with van der Waals surface area (Å²) in [5.74, 6) is -0.138. The molecule has 1 saturated heterocycles. The number of likely N-dealkylation sites (N-methyl/N-ethyl adjacent to an activating group) is 1. The van der Waals surface area contributed by atoms with Crippen LogP contribution in [0.3, 0.4) is 0 Å². The molecule has 1 unspecified atom stereocenters. The van der Waals surface area contributed by atoms with E-state index in [4.69, 9.17) is 4.74 Å². The Morgan fingerprint density at radius 3 is 2.74 bits per heavy atom. The lowest BCUT2D eigenvalue weighted by molar-refractivity contribution is -0.134. The molecule has 2 rings (SSSR count). The first-order valence-electron chi connectivity index (χ1n) is 7.01. The lowest BCUT2D eigenvalue weighted by Gasteiger charge is -2.18. The molecule has 1 aliphatic heterocycles. The van der Waals surface area contributed by atoms with Crippen LogP contribution in [0.15, 0.2) is 0 Å².